The minimum Gasteiger partial charge on any atom is -0.325 e. The van der Waals surface area contributed by atoms with Crippen LogP contribution in [-0.2, 0) is 9.59 Å². The van der Waals surface area contributed by atoms with Crippen LogP contribution in [0.3, 0.4) is 0 Å². The Labute approximate surface area is 157 Å². The fourth-order valence-corrected chi connectivity index (χ4v) is 3.75. The molecule has 27 heavy (non-hydrogen) atoms. The predicted octanol–water partition coefficient (Wildman–Crippen LogP) is 2.30. The molecule has 146 valence electrons. The molecule has 1 aliphatic carbocycles. The topological polar surface area (TPSA) is 81.8 Å². The van der Waals surface area contributed by atoms with E-state index in [9.17, 15) is 18.8 Å². The first-order chi connectivity index (χ1) is 12.9. The Bertz CT molecular complexity index is 714. The van der Waals surface area contributed by atoms with Gasteiger partial charge in [0.1, 0.15) is 11.4 Å². The van der Waals surface area contributed by atoms with Gasteiger partial charge in [-0.3, -0.25) is 14.5 Å². The Hall–Kier alpha value is -2.48. The van der Waals surface area contributed by atoms with Crippen LogP contribution in [0.2, 0.25) is 0 Å². The van der Waals surface area contributed by atoms with Gasteiger partial charge in [0, 0.05) is 5.69 Å². The van der Waals surface area contributed by atoms with Crippen LogP contribution in [0.15, 0.2) is 24.3 Å². The zero-order valence-corrected chi connectivity index (χ0v) is 15.5. The molecule has 4 amide bonds. The summed E-state index contributed by atoms with van der Waals surface area (Å²) in [5.41, 5.74) is -0.285. The quantitative estimate of drug-likeness (QED) is 0.773. The third-order valence-electron chi connectivity index (χ3n) is 5.13. The van der Waals surface area contributed by atoms with Crippen molar-refractivity contribution in [3.63, 3.8) is 0 Å². The van der Waals surface area contributed by atoms with Crippen molar-refractivity contribution in [1.82, 2.24) is 15.1 Å². The van der Waals surface area contributed by atoms with Crippen molar-refractivity contribution in [3.05, 3.63) is 30.1 Å². The summed E-state index contributed by atoms with van der Waals surface area (Å²) >= 11 is 0. The molecular formula is C19H25FN4O3. The maximum Gasteiger partial charge on any atom is 0.326 e. The largest absolute Gasteiger partial charge is 0.326 e. The smallest absolute Gasteiger partial charge is 0.325 e. The summed E-state index contributed by atoms with van der Waals surface area (Å²) < 4.78 is 12.9. The summed E-state index contributed by atoms with van der Waals surface area (Å²) in [6.45, 7) is 0.0463. The molecule has 1 saturated carbocycles. The highest BCUT2D eigenvalue weighted by Crippen LogP contribution is 2.32. The number of hydrogen-bond acceptors (Lipinski definition) is 4. The number of amides is 4. The number of carbonyl (C=O) groups excluding carboxylic acids is 3. The first-order valence-electron chi connectivity index (χ1n) is 9.28. The lowest BCUT2D eigenvalue weighted by atomic mass is 9.90. The molecule has 0 aromatic heterocycles. The number of hydrogen-bond donors (Lipinski definition) is 2. The van der Waals surface area contributed by atoms with E-state index in [1.807, 2.05) is 0 Å². The molecule has 3 rings (SSSR count). The van der Waals surface area contributed by atoms with Crippen molar-refractivity contribution in [3.8, 4) is 0 Å². The lowest BCUT2D eigenvalue weighted by Crippen LogP contribution is -2.47. The minimum atomic E-state index is -0.773. The van der Waals surface area contributed by atoms with Gasteiger partial charge in [0.25, 0.3) is 5.91 Å². The molecule has 8 heteroatoms. The predicted molar refractivity (Wildman–Crippen MR) is 98.3 cm³/mol. The summed E-state index contributed by atoms with van der Waals surface area (Å²) in [5, 5.41) is 5.55. The van der Waals surface area contributed by atoms with Gasteiger partial charge in [-0.15, -0.1) is 0 Å². The average molecular weight is 376 g/mol. The van der Waals surface area contributed by atoms with Crippen molar-refractivity contribution in [1.29, 1.82) is 0 Å². The first-order valence-corrected chi connectivity index (χ1v) is 9.28. The SMILES string of the molecule is CN(CC(=O)Nc1ccc(F)cc1)CN1C(=O)NC2(CCCCCC2)C1=O. The molecule has 1 aromatic rings. The van der Waals surface area contributed by atoms with Gasteiger partial charge in [-0.25, -0.2) is 14.1 Å². The van der Waals surface area contributed by atoms with Crippen molar-refractivity contribution in [2.45, 2.75) is 44.1 Å². The number of benzene rings is 1. The van der Waals surface area contributed by atoms with Crippen molar-refractivity contribution in [2.75, 3.05) is 25.6 Å². The monoisotopic (exact) mass is 376 g/mol. The van der Waals surface area contributed by atoms with E-state index in [4.69, 9.17) is 0 Å². The second-order valence-electron chi connectivity index (χ2n) is 7.37. The second-order valence-corrected chi connectivity index (χ2v) is 7.37. The molecule has 0 unspecified atom stereocenters. The molecule has 1 spiro atoms. The van der Waals surface area contributed by atoms with Crippen LogP contribution in [0, 0.1) is 5.82 Å². The zero-order valence-electron chi connectivity index (χ0n) is 15.5. The van der Waals surface area contributed by atoms with Crippen LogP contribution < -0.4 is 10.6 Å². The van der Waals surface area contributed by atoms with E-state index in [0.29, 0.717) is 18.5 Å². The van der Waals surface area contributed by atoms with E-state index in [1.165, 1.54) is 29.2 Å². The molecule has 1 heterocycles. The number of nitrogens with one attached hydrogen (secondary N) is 2. The van der Waals surface area contributed by atoms with Gasteiger partial charge < -0.3 is 10.6 Å². The molecule has 2 fully saturated rings. The number of anilines is 1. The van der Waals surface area contributed by atoms with Crippen LogP contribution in [-0.4, -0.2) is 53.4 Å². The van der Waals surface area contributed by atoms with E-state index in [1.54, 1.807) is 11.9 Å². The zero-order chi connectivity index (χ0) is 19.4. The van der Waals surface area contributed by atoms with E-state index in [0.717, 1.165) is 25.7 Å². The fraction of sp³-hybridized carbons (Fsp3) is 0.526. The highest BCUT2D eigenvalue weighted by Gasteiger charge is 2.50. The molecule has 2 aliphatic rings. The maximum absolute atomic E-state index is 12.9. The summed E-state index contributed by atoms with van der Waals surface area (Å²) in [6, 6.07) is 5.08. The average Bonchev–Trinajstić information content (AvgIpc) is 2.79. The van der Waals surface area contributed by atoms with Crippen LogP contribution in [0.1, 0.15) is 38.5 Å². The van der Waals surface area contributed by atoms with Crippen LogP contribution in [0.4, 0.5) is 14.9 Å². The van der Waals surface area contributed by atoms with Gasteiger partial charge in [0.15, 0.2) is 0 Å². The van der Waals surface area contributed by atoms with Crippen LogP contribution in [0.25, 0.3) is 0 Å². The minimum absolute atomic E-state index is 0.00143. The van der Waals surface area contributed by atoms with Gasteiger partial charge in [-0.05, 0) is 44.2 Å². The highest BCUT2D eigenvalue weighted by atomic mass is 19.1. The molecular weight excluding hydrogens is 351 g/mol. The highest BCUT2D eigenvalue weighted by molar-refractivity contribution is 6.07. The normalized spacial score (nSPS) is 19.3. The molecule has 2 N–H and O–H groups in total. The molecule has 1 saturated heterocycles. The van der Waals surface area contributed by atoms with Gasteiger partial charge in [0.05, 0.1) is 13.2 Å². The van der Waals surface area contributed by atoms with Crippen molar-refractivity contribution < 1.29 is 18.8 Å². The molecule has 7 nitrogen and oxygen atoms in total. The number of imide groups is 1. The second kappa shape index (κ2) is 8.04. The summed E-state index contributed by atoms with van der Waals surface area (Å²) in [5.74, 6) is -0.878. The van der Waals surface area contributed by atoms with Gasteiger partial charge in [-0.1, -0.05) is 25.7 Å². The molecule has 0 atom stereocenters. The lowest BCUT2D eigenvalue weighted by Gasteiger charge is -2.26. The molecule has 0 radical (unpaired) electrons. The van der Waals surface area contributed by atoms with E-state index >= 15 is 0 Å². The Morgan fingerprint density at radius 3 is 2.44 bits per heavy atom. The van der Waals surface area contributed by atoms with Crippen molar-refractivity contribution >= 4 is 23.5 Å². The Kier molecular flexibility index (Phi) is 5.74. The third-order valence-corrected chi connectivity index (χ3v) is 5.13. The molecule has 1 aromatic carbocycles. The number of rotatable bonds is 5. The Morgan fingerprint density at radius 1 is 1.19 bits per heavy atom. The number of carbonyl (C=O) groups is 3. The first kappa shape index (κ1) is 19.3. The lowest BCUT2D eigenvalue weighted by molar-refractivity contribution is -0.133. The van der Waals surface area contributed by atoms with Gasteiger partial charge >= 0.3 is 6.03 Å². The van der Waals surface area contributed by atoms with Crippen LogP contribution >= 0.6 is 0 Å². The fourth-order valence-electron chi connectivity index (χ4n) is 3.75. The maximum atomic E-state index is 12.9. The van der Waals surface area contributed by atoms with Gasteiger partial charge in [-0.2, -0.15) is 0 Å². The Morgan fingerprint density at radius 2 is 1.81 bits per heavy atom. The number of nitrogens with zero attached hydrogens (tertiary/aromatic N) is 2. The van der Waals surface area contributed by atoms with Crippen LogP contribution in [0.5, 0.6) is 0 Å². The van der Waals surface area contributed by atoms with Crippen molar-refractivity contribution in [2.24, 2.45) is 0 Å². The standard InChI is InChI=1S/C19H25FN4O3/c1-23(12-16(25)21-15-8-6-14(20)7-9-15)13-24-17(26)19(22-18(24)27)10-4-2-3-5-11-19/h6-9H,2-5,10-13H2,1H3,(H,21,25)(H,22,27). The summed E-state index contributed by atoms with van der Waals surface area (Å²) in [7, 11) is 1.67. The Balaban J connectivity index is 1.56. The number of likely N-dealkylation sites (N-methyl/N-ethyl adjacent to an activating group) is 1. The number of halogens is 1. The summed E-state index contributed by atoms with van der Waals surface area (Å²) in [6.07, 6.45) is 5.35. The molecule has 0 bridgehead atoms. The van der Waals surface area contributed by atoms with E-state index in [-0.39, 0.29) is 30.8 Å². The van der Waals surface area contributed by atoms with Gasteiger partial charge in [0.2, 0.25) is 5.91 Å². The molecule has 1 aliphatic heterocycles. The number of urea groups is 1. The summed E-state index contributed by atoms with van der Waals surface area (Å²) in [4.78, 5) is 40.1. The van der Waals surface area contributed by atoms with E-state index in [2.05, 4.69) is 10.6 Å². The third kappa shape index (κ3) is 4.44. The van der Waals surface area contributed by atoms with E-state index < -0.39 is 11.6 Å².